The van der Waals surface area contributed by atoms with E-state index in [1.807, 2.05) is 18.2 Å². The van der Waals surface area contributed by atoms with E-state index in [2.05, 4.69) is 15.3 Å². The molecular weight excluding hydrogens is 425 g/mol. The molecule has 1 aromatic heterocycles. The van der Waals surface area contributed by atoms with Crippen LogP contribution in [0.25, 0.3) is 17.0 Å². The molecule has 1 fully saturated rings. The number of pyridine rings is 1. The summed E-state index contributed by atoms with van der Waals surface area (Å²) in [6.45, 7) is 0. The quantitative estimate of drug-likeness (QED) is 0.497. The number of carbonyl (C=O) groups excluding carboxylic acids is 1. The predicted molar refractivity (Wildman–Crippen MR) is 114 cm³/mol. The van der Waals surface area contributed by atoms with Gasteiger partial charge in [-0.1, -0.05) is 46.9 Å². The highest BCUT2D eigenvalue weighted by atomic mass is 35.5. The summed E-state index contributed by atoms with van der Waals surface area (Å²) in [5, 5.41) is 5.39. The topological polar surface area (TPSA) is 54.4 Å². The summed E-state index contributed by atoms with van der Waals surface area (Å²) in [6.07, 6.45) is 3.45. The van der Waals surface area contributed by atoms with Crippen molar-refractivity contribution in [2.45, 2.75) is 0 Å². The van der Waals surface area contributed by atoms with Gasteiger partial charge < -0.3 is 5.32 Å². The highest BCUT2D eigenvalue weighted by Gasteiger charge is 2.24. The van der Waals surface area contributed by atoms with Gasteiger partial charge in [-0.05, 0) is 53.7 Å². The lowest BCUT2D eigenvalue weighted by molar-refractivity contribution is -0.115. The first kappa shape index (κ1) is 18.3. The van der Waals surface area contributed by atoms with Gasteiger partial charge in [0.1, 0.15) is 5.69 Å². The molecule has 0 aliphatic carbocycles. The maximum atomic E-state index is 12.3. The number of aromatic nitrogens is 1. The number of nitrogens with zero attached hydrogens (tertiary/aromatic N) is 2. The molecule has 0 spiro atoms. The Morgan fingerprint density at radius 3 is 2.59 bits per heavy atom. The number of rotatable bonds is 2. The molecule has 1 aliphatic heterocycles. The fourth-order valence-electron chi connectivity index (χ4n) is 2.58. The van der Waals surface area contributed by atoms with E-state index in [1.165, 1.54) is 11.8 Å². The molecule has 0 saturated carbocycles. The van der Waals surface area contributed by atoms with Crippen molar-refractivity contribution in [3.8, 4) is 0 Å². The van der Waals surface area contributed by atoms with E-state index in [0.717, 1.165) is 16.5 Å². The number of halogens is 3. The Bertz CT molecular complexity index is 1120. The molecule has 0 bridgehead atoms. The Morgan fingerprint density at radius 2 is 1.81 bits per heavy atom. The number of hydrogen-bond donors (Lipinski definition) is 1. The van der Waals surface area contributed by atoms with Gasteiger partial charge in [-0.2, -0.15) is 0 Å². The minimum Gasteiger partial charge on any atom is -0.300 e. The van der Waals surface area contributed by atoms with E-state index in [4.69, 9.17) is 34.8 Å². The van der Waals surface area contributed by atoms with Gasteiger partial charge in [0.25, 0.3) is 5.91 Å². The van der Waals surface area contributed by atoms with Crippen molar-refractivity contribution in [3.63, 3.8) is 0 Å². The van der Waals surface area contributed by atoms with Crippen LogP contribution in [-0.2, 0) is 4.79 Å². The van der Waals surface area contributed by atoms with E-state index in [-0.39, 0.29) is 5.91 Å². The Balaban J connectivity index is 1.68. The zero-order valence-electron chi connectivity index (χ0n) is 13.5. The number of carbonyl (C=O) groups is 1. The second-order valence-corrected chi connectivity index (χ2v) is 7.88. The van der Waals surface area contributed by atoms with Gasteiger partial charge in [-0.25, -0.2) is 4.99 Å². The predicted octanol–water partition coefficient (Wildman–Crippen LogP) is 6.09. The molecule has 1 N–H and O–H groups in total. The third-order valence-corrected chi connectivity index (χ3v) is 5.59. The highest BCUT2D eigenvalue weighted by molar-refractivity contribution is 8.18. The number of amidine groups is 1. The third kappa shape index (κ3) is 3.82. The van der Waals surface area contributed by atoms with Crippen LogP contribution in [-0.4, -0.2) is 16.1 Å². The van der Waals surface area contributed by atoms with Crippen molar-refractivity contribution in [2.75, 3.05) is 0 Å². The Hall–Kier alpha value is -2.05. The summed E-state index contributed by atoms with van der Waals surface area (Å²) in [7, 11) is 0. The third-order valence-electron chi connectivity index (χ3n) is 3.78. The van der Waals surface area contributed by atoms with Gasteiger partial charge in [0.05, 0.1) is 25.5 Å². The van der Waals surface area contributed by atoms with Gasteiger partial charge in [0.15, 0.2) is 5.17 Å². The molecule has 1 amide bonds. The van der Waals surface area contributed by atoms with Crippen LogP contribution in [0.15, 0.2) is 58.6 Å². The van der Waals surface area contributed by atoms with Crippen LogP contribution in [0.3, 0.4) is 0 Å². The van der Waals surface area contributed by atoms with Crippen molar-refractivity contribution < 1.29 is 4.79 Å². The zero-order chi connectivity index (χ0) is 19.0. The van der Waals surface area contributed by atoms with Crippen LogP contribution in [0.1, 0.15) is 5.56 Å². The lowest BCUT2D eigenvalue weighted by atomic mass is 10.1. The molecule has 1 saturated heterocycles. The van der Waals surface area contributed by atoms with Gasteiger partial charge in [-0.3, -0.25) is 9.78 Å². The molecule has 1 aliphatic rings. The number of hydrogen-bond acceptors (Lipinski definition) is 4. The first-order valence-electron chi connectivity index (χ1n) is 7.79. The zero-order valence-corrected chi connectivity index (χ0v) is 16.6. The summed E-state index contributed by atoms with van der Waals surface area (Å²) in [4.78, 5) is 21.4. The van der Waals surface area contributed by atoms with Crippen molar-refractivity contribution in [2.24, 2.45) is 4.99 Å². The average molecular weight is 435 g/mol. The van der Waals surface area contributed by atoms with Gasteiger partial charge >= 0.3 is 0 Å². The monoisotopic (exact) mass is 433 g/mol. The molecule has 4 nitrogen and oxygen atoms in total. The van der Waals surface area contributed by atoms with Crippen LogP contribution in [0.5, 0.6) is 0 Å². The van der Waals surface area contributed by atoms with Gasteiger partial charge in [-0.15, -0.1) is 0 Å². The number of nitrogens with one attached hydrogen (secondary N) is 1. The summed E-state index contributed by atoms with van der Waals surface area (Å²) in [5.41, 5.74) is 1.94. The summed E-state index contributed by atoms with van der Waals surface area (Å²) >= 11 is 19.8. The Morgan fingerprint density at radius 1 is 1.04 bits per heavy atom. The van der Waals surface area contributed by atoms with Crippen molar-refractivity contribution >= 4 is 80.3 Å². The van der Waals surface area contributed by atoms with E-state index >= 15 is 0 Å². The largest absolute Gasteiger partial charge is 0.300 e. The molecule has 2 heterocycles. The first-order valence-corrected chi connectivity index (χ1v) is 9.74. The van der Waals surface area contributed by atoms with Gasteiger partial charge in [0.2, 0.25) is 0 Å². The number of benzene rings is 2. The first-order chi connectivity index (χ1) is 13.0. The van der Waals surface area contributed by atoms with Crippen molar-refractivity contribution in [1.82, 2.24) is 10.3 Å². The minimum absolute atomic E-state index is 0.246. The van der Waals surface area contributed by atoms with Crippen LogP contribution >= 0.6 is 46.6 Å². The Kier molecular flexibility index (Phi) is 5.10. The standard InChI is InChI=1S/C19H10Cl3N3OS/c20-12-4-1-5-13(21)17(12)24-19-25-18(26)15(27-19)9-10-7-11-3-2-6-23-16(11)14(22)8-10/h1-9H,(H,24,25,26). The maximum absolute atomic E-state index is 12.3. The molecule has 8 heteroatoms. The second-order valence-electron chi connectivity index (χ2n) is 5.63. The number of amides is 1. The van der Waals surface area contributed by atoms with E-state index in [1.54, 1.807) is 36.5 Å². The molecule has 4 rings (SSSR count). The summed E-state index contributed by atoms with van der Waals surface area (Å²) in [6, 6.07) is 12.6. The van der Waals surface area contributed by atoms with Crippen LogP contribution < -0.4 is 5.32 Å². The molecule has 0 radical (unpaired) electrons. The fourth-order valence-corrected chi connectivity index (χ4v) is 4.18. The number of aliphatic imine (C=N–C) groups is 1. The summed E-state index contributed by atoms with van der Waals surface area (Å²) < 4.78 is 0. The molecule has 3 aromatic rings. The highest BCUT2D eigenvalue weighted by Crippen LogP contribution is 2.36. The number of para-hydroxylation sites is 1. The second kappa shape index (κ2) is 7.52. The van der Waals surface area contributed by atoms with Crippen LogP contribution in [0.2, 0.25) is 15.1 Å². The van der Waals surface area contributed by atoms with E-state index in [9.17, 15) is 4.79 Å². The summed E-state index contributed by atoms with van der Waals surface area (Å²) in [5.74, 6) is -0.246. The Labute approximate surface area is 174 Å². The van der Waals surface area contributed by atoms with E-state index < -0.39 is 0 Å². The molecule has 0 unspecified atom stereocenters. The molecule has 27 heavy (non-hydrogen) atoms. The lowest BCUT2D eigenvalue weighted by Gasteiger charge is -2.02. The van der Waals surface area contributed by atoms with Crippen molar-refractivity contribution in [1.29, 1.82) is 0 Å². The molecule has 0 atom stereocenters. The fraction of sp³-hybridized carbons (Fsp3) is 0. The molecule has 2 aromatic carbocycles. The molecule has 134 valence electrons. The van der Waals surface area contributed by atoms with Gasteiger partial charge in [0, 0.05) is 11.6 Å². The smallest absolute Gasteiger partial charge is 0.264 e. The van der Waals surface area contributed by atoms with Crippen LogP contribution in [0, 0.1) is 0 Å². The number of fused-ring (bicyclic) bond motifs is 1. The SMILES string of the molecule is O=C1NC(=Nc2c(Cl)cccc2Cl)SC1=Cc1cc(Cl)c2ncccc2c1. The number of thioether (sulfide) groups is 1. The maximum Gasteiger partial charge on any atom is 0.264 e. The van der Waals surface area contributed by atoms with Crippen molar-refractivity contribution in [3.05, 3.63) is 74.2 Å². The molecular formula is C19H10Cl3N3OS. The van der Waals surface area contributed by atoms with E-state index in [0.29, 0.717) is 30.8 Å². The average Bonchev–Trinajstić information content (AvgIpc) is 2.98. The minimum atomic E-state index is -0.246. The van der Waals surface area contributed by atoms with Crippen LogP contribution in [0.4, 0.5) is 5.69 Å². The lowest BCUT2D eigenvalue weighted by Crippen LogP contribution is -2.19. The normalized spacial score (nSPS) is 17.1.